The van der Waals surface area contributed by atoms with Gasteiger partial charge in [0.2, 0.25) is 0 Å². The molecule has 0 unspecified atom stereocenters. The van der Waals surface area contributed by atoms with Gasteiger partial charge in [-0.05, 0) is 0 Å². The maximum absolute atomic E-state index is 4.67. The first kappa shape index (κ1) is 60.8. The van der Waals surface area contributed by atoms with Gasteiger partial charge in [-0.1, -0.05) is 0 Å². The van der Waals surface area contributed by atoms with E-state index in [0.29, 0.717) is 0 Å². The third-order valence-electron chi connectivity index (χ3n) is 2.68. The Hall–Kier alpha value is 2.51. The van der Waals surface area contributed by atoms with E-state index in [1.54, 1.807) is 128 Å². The molecule has 0 bridgehead atoms. The zero-order valence-corrected chi connectivity index (χ0v) is 35.6. The molecule has 25 heteroatoms. The minimum atomic E-state index is -1.05. The van der Waals surface area contributed by atoms with Crippen molar-refractivity contribution in [1.29, 1.82) is 0 Å². The Kier molecular flexibility index (Phi) is 80.3. The van der Waals surface area contributed by atoms with Crippen LogP contribution in [0.15, 0.2) is 0 Å². The molecule has 0 aromatic carbocycles. The predicted octanol–water partition coefficient (Wildman–Crippen LogP) is 6.91. The predicted molar refractivity (Wildman–Crippen MR) is 168 cm³/mol. The third kappa shape index (κ3) is 54.2. The molecule has 0 aromatic rings. The van der Waals surface area contributed by atoms with Crippen molar-refractivity contribution in [3.63, 3.8) is 0 Å². The standard InChI is InChI=1S/6C3H9O3P.Tc/c6*1-4-7(5-2)6-3;/h6*1-3H3;. The van der Waals surface area contributed by atoms with Gasteiger partial charge in [0.05, 0.1) is 0 Å². The average Bonchev–Trinajstić information content (AvgIpc) is 3.04. The molecule has 0 heterocycles. The van der Waals surface area contributed by atoms with Crippen LogP contribution in [0.5, 0.6) is 0 Å². The topological polar surface area (TPSA) is 166 Å². The summed E-state index contributed by atoms with van der Waals surface area (Å²) in [7, 11) is 21.4. The molecule has 0 rings (SSSR count). The second-order valence-corrected chi connectivity index (χ2v) is 13.9. The van der Waals surface area contributed by atoms with Crippen molar-refractivity contribution in [2.75, 3.05) is 128 Å². The van der Waals surface area contributed by atoms with Crippen LogP contribution < -0.4 is 0 Å². The maximum Gasteiger partial charge on any atom is 0.331 e. The van der Waals surface area contributed by atoms with Crippen molar-refractivity contribution < 1.29 is 102 Å². The number of rotatable bonds is 18. The average molecular weight is 842 g/mol. The van der Waals surface area contributed by atoms with E-state index in [4.69, 9.17) is 0 Å². The summed E-state index contributed by atoms with van der Waals surface area (Å²) < 4.78 is 84.0. The Morgan fingerprint density at radius 2 is 0.209 bits per heavy atom. The molecule has 0 aliphatic heterocycles. The molecule has 0 fully saturated rings. The van der Waals surface area contributed by atoms with Crippen LogP contribution in [0.2, 0.25) is 0 Å². The summed E-state index contributed by atoms with van der Waals surface area (Å²) in [4.78, 5) is 0. The van der Waals surface area contributed by atoms with Crippen molar-refractivity contribution in [2.45, 2.75) is 0 Å². The first-order valence-electron chi connectivity index (χ1n) is 10.6. The number of hydrogen-bond acceptors (Lipinski definition) is 18. The van der Waals surface area contributed by atoms with Crippen molar-refractivity contribution in [3.05, 3.63) is 0 Å². The fraction of sp³-hybridized carbons (Fsp3) is 1.00. The van der Waals surface area contributed by atoms with Crippen LogP contribution in [0.3, 0.4) is 0 Å². The minimum absolute atomic E-state index is 0. The van der Waals surface area contributed by atoms with Crippen LogP contribution in [0, 0.1) is 0 Å². The van der Waals surface area contributed by atoms with Crippen molar-refractivity contribution in [1.82, 2.24) is 0 Å². The molecule has 0 amide bonds. The van der Waals surface area contributed by atoms with Crippen LogP contribution in [0.1, 0.15) is 0 Å². The Balaban J connectivity index is -0.0000000720. The van der Waals surface area contributed by atoms with Gasteiger partial charge in [0, 0.05) is 148 Å². The molecule has 0 atom stereocenters. The van der Waals surface area contributed by atoms with Gasteiger partial charge in [0.25, 0.3) is 0 Å². The maximum atomic E-state index is 4.67. The molecule has 0 aliphatic carbocycles. The van der Waals surface area contributed by atoms with E-state index in [-0.39, 0.29) is 20.1 Å². The summed E-state index contributed by atoms with van der Waals surface area (Å²) in [5.41, 5.74) is 0. The second kappa shape index (κ2) is 56.8. The molecule has 0 saturated carbocycles. The second-order valence-electron chi connectivity index (χ2n) is 4.63. The fourth-order valence-electron chi connectivity index (χ4n) is 1.34. The molecule has 0 aliphatic rings. The summed E-state index contributed by atoms with van der Waals surface area (Å²) in [5, 5.41) is 0. The zero-order valence-electron chi connectivity index (χ0n) is 28.4. The molecule has 0 saturated heterocycles. The summed E-state index contributed by atoms with van der Waals surface area (Å²) in [5.74, 6) is 0. The molecular formula is C18H54O18P6Tc. The monoisotopic (exact) mass is 841 g/mol. The van der Waals surface area contributed by atoms with E-state index in [1.807, 2.05) is 0 Å². The van der Waals surface area contributed by atoms with Crippen molar-refractivity contribution in [3.8, 4) is 0 Å². The largest absolute Gasteiger partial charge is 0.331 e. The first-order chi connectivity index (χ1) is 20.1. The van der Waals surface area contributed by atoms with E-state index in [9.17, 15) is 0 Å². The van der Waals surface area contributed by atoms with Crippen LogP contribution in [-0.2, 0) is 102 Å². The molecule has 0 N–H and O–H groups in total. The molecule has 0 aromatic heterocycles. The summed E-state index contributed by atoms with van der Waals surface area (Å²) in [6.07, 6.45) is 0. The number of hydrogen-bond donors (Lipinski definition) is 0. The Bertz CT molecular complexity index is 290. The molecular weight excluding hydrogens is 788 g/mol. The normalized spacial score (nSPS) is 10.0. The van der Waals surface area contributed by atoms with Gasteiger partial charge >= 0.3 is 51.6 Å². The molecule has 1 radical (unpaired) electrons. The SMILES string of the molecule is COP(OC)OC.COP(OC)OC.COP(OC)OC.COP(OC)OC.COP(OC)OC.COP(OC)OC.[Tc]. The zero-order chi connectivity index (χ0) is 34.2. The van der Waals surface area contributed by atoms with E-state index in [1.165, 1.54) is 0 Å². The Morgan fingerprint density at radius 3 is 0.209 bits per heavy atom. The van der Waals surface area contributed by atoms with Gasteiger partial charge in [-0.2, -0.15) is 0 Å². The fourth-order valence-corrected chi connectivity index (χ4v) is 4.02. The van der Waals surface area contributed by atoms with Crippen LogP contribution in [0.4, 0.5) is 0 Å². The quantitative estimate of drug-likeness (QED) is 0.131. The van der Waals surface area contributed by atoms with Crippen molar-refractivity contribution in [2.24, 2.45) is 0 Å². The van der Waals surface area contributed by atoms with Crippen molar-refractivity contribution >= 4 is 51.6 Å². The molecule has 271 valence electrons. The summed E-state index contributed by atoms with van der Waals surface area (Å²) in [6, 6.07) is 0. The van der Waals surface area contributed by atoms with E-state index >= 15 is 0 Å². The summed E-state index contributed by atoms with van der Waals surface area (Å²) in [6.45, 7) is 0. The molecule has 18 nitrogen and oxygen atoms in total. The van der Waals surface area contributed by atoms with Gasteiger partial charge < -0.3 is 81.4 Å². The van der Waals surface area contributed by atoms with E-state index < -0.39 is 51.6 Å². The van der Waals surface area contributed by atoms with Crippen LogP contribution >= 0.6 is 51.6 Å². The van der Waals surface area contributed by atoms with Crippen LogP contribution in [-0.4, -0.2) is 128 Å². The van der Waals surface area contributed by atoms with E-state index in [2.05, 4.69) is 81.4 Å². The van der Waals surface area contributed by atoms with E-state index in [0.717, 1.165) is 0 Å². The Labute approximate surface area is 280 Å². The summed E-state index contributed by atoms with van der Waals surface area (Å²) >= 11 is 0. The van der Waals surface area contributed by atoms with Gasteiger partial charge in [-0.15, -0.1) is 0 Å². The van der Waals surface area contributed by atoms with Gasteiger partial charge in [-0.3, -0.25) is 0 Å². The first-order valence-corrected chi connectivity index (χ1v) is 17.2. The Morgan fingerprint density at radius 1 is 0.163 bits per heavy atom. The minimum Gasteiger partial charge on any atom is -0.316 e. The van der Waals surface area contributed by atoms with Gasteiger partial charge in [0.1, 0.15) is 0 Å². The van der Waals surface area contributed by atoms with Gasteiger partial charge in [0.15, 0.2) is 0 Å². The van der Waals surface area contributed by atoms with Crippen LogP contribution in [0.25, 0.3) is 0 Å². The third-order valence-corrected chi connectivity index (χ3v) is 8.05. The smallest absolute Gasteiger partial charge is 0.316 e. The molecule has 0 spiro atoms. The van der Waals surface area contributed by atoms with Gasteiger partial charge in [-0.25, -0.2) is 0 Å². The molecule has 43 heavy (non-hydrogen) atoms.